The Labute approximate surface area is 177 Å². The number of rotatable bonds is 6. The summed E-state index contributed by atoms with van der Waals surface area (Å²) in [5.74, 6) is -0.398. The van der Waals surface area contributed by atoms with Crippen LogP contribution in [0.15, 0.2) is 54.6 Å². The SMILES string of the molecule is Cc1ccc(Cn2nc(C)c(/C=C/C(=O)N(C)C(C)c3ccc(F)cc3)c2C)cc1. The van der Waals surface area contributed by atoms with E-state index in [1.807, 2.05) is 31.5 Å². The molecule has 0 aliphatic rings. The Kier molecular flexibility index (Phi) is 6.50. The monoisotopic (exact) mass is 405 g/mol. The molecule has 5 heteroatoms. The third kappa shape index (κ3) is 4.85. The van der Waals surface area contributed by atoms with Crippen LogP contribution in [0.1, 0.15) is 46.6 Å². The van der Waals surface area contributed by atoms with Crippen LogP contribution in [-0.2, 0) is 11.3 Å². The first-order valence-corrected chi connectivity index (χ1v) is 10.1. The molecular formula is C25H28FN3O. The van der Waals surface area contributed by atoms with Crippen LogP contribution in [0.4, 0.5) is 4.39 Å². The largest absolute Gasteiger partial charge is 0.335 e. The van der Waals surface area contributed by atoms with Crippen LogP contribution in [0, 0.1) is 26.6 Å². The van der Waals surface area contributed by atoms with Gasteiger partial charge in [0.1, 0.15) is 5.82 Å². The molecule has 1 amide bonds. The number of carbonyl (C=O) groups is 1. The molecule has 0 saturated heterocycles. The van der Waals surface area contributed by atoms with E-state index in [1.54, 1.807) is 30.2 Å². The molecule has 0 N–H and O–H groups in total. The highest BCUT2D eigenvalue weighted by Gasteiger charge is 2.16. The fraction of sp³-hybridized carbons (Fsp3) is 0.280. The highest BCUT2D eigenvalue weighted by molar-refractivity contribution is 5.92. The minimum absolute atomic E-state index is 0.114. The zero-order chi connectivity index (χ0) is 21.8. The quantitative estimate of drug-likeness (QED) is 0.527. The van der Waals surface area contributed by atoms with E-state index in [0.29, 0.717) is 6.54 Å². The van der Waals surface area contributed by atoms with Crippen LogP contribution in [0.3, 0.4) is 0 Å². The van der Waals surface area contributed by atoms with Gasteiger partial charge in [-0.3, -0.25) is 9.48 Å². The summed E-state index contributed by atoms with van der Waals surface area (Å²) in [5, 5.41) is 4.65. The molecule has 2 aromatic carbocycles. The van der Waals surface area contributed by atoms with Crippen LogP contribution in [0.5, 0.6) is 0 Å². The van der Waals surface area contributed by atoms with Gasteiger partial charge in [-0.15, -0.1) is 0 Å². The van der Waals surface area contributed by atoms with Crippen LogP contribution < -0.4 is 0 Å². The molecular weight excluding hydrogens is 377 g/mol. The lowest BCUT2D eigenvalue weighted by Gasteiger charge is -2.24. The number of nitrogens with zero attached hydrogens (tertiary/aromatic N) is 3. The van der Waals surface area contributed by atoms with Gasteiger partial charge in [0.15, 0.2) is 0 Å². The molecule has 0 spiro atoms. The maximum Gasteiger partial charge on any atom is 0.246 e. The molecule has 1 heterocycles. The number of hydrogen-bond donors (Lipinski definition) is 0. The zero-order valence-corrected chi connectivity index (χ0v) is 18.2. The third-order valence-corrected chi connectivity index (χ3v) is 5.56. The summed E-state index contributed by atoms with van der Waals surface area (Å²) in [7, 11) is 1.75. The molecule has 0 fully saturated rings. The van der Waals surface area contributed by atoms with E-state index in [9.17, 15) is 9.18 Å². The molecule has 0 aliphatic carbocycles. The van der Waals surface area contributed by atoms with Gasteiger partial charge >= 0.3 is 0 Å². The number of carbonyl (C=O) groups excluding carboxylic acids is 1. The van der Waals surface area contributed by atoms with Crippen molar-refractivity contribution in [3.05, 3.63) is 94.1 Å². The van der Waals surface area contributed by atoms with Gasteiger partial charge < -0.3 is 4.90 Å². The van der Waals surface area contributed by atoms with Crippen LogP contribution >= 0.6 is 0 Å². The Bertz CT molecular complexity index is 1050. The molecule has 0 radical (unpaired) electrons. The Morgan fingerprint density at radius 1 is 1.10 bits per heavy atom. The van der Waals surface area contributed by atoms with Crippen molar-refractivity contribution in [1.82, 2.24) is 14.7 Å². The van der Waals surface area contributed by atoms with Gasteiger partial charge in [0.05, 0.1) is 18.3 Å². The van der Waals surface area contributed by atoms with E-state index >= 15 is 0 Å². The number of aryl methyl sites for hydroxylation is 2. The molecule has 0 bridgehead atoms. The Balaban J connectivity index is 1.73. The Hall–Kier alpha value is -3.21. The lowest BCUT2D eigenvalue weighted by Crippen LogP contribution is -2.27. The van der Waals surface area contributed by atoms with Crippen molar-refractivity contribution in [3.63, 3.8) is 0 Å². The van der Waals surface area contributed by atoms with Gasteiger partial charge in [0.2, 0.25) is 5.91 Å². The lowest BCUT2D eigenvalue weighted by atomic mass is 10.1. The third-order valence-electron chi connectivity index (χ3n) is 5.56. The van der Waals surface area contributed by atoms with Gasteiger partial charge in [-0.1, -0.05) is 42.0 Å². The number of benzene rings is 2. The van der Waals surface area contributed by atoms with Gasteiger partial charge in [-0.2, -0.15) is 5.10 Å². The number of likely N-dealkylation sites (N-methyl/N-ethyl adjacent to an activating group) is 1. The van der Waals surface area contributed by atoms with Crippen LogP contribution in [-0.4, -0.2) is 27.6 Å². The summed E-state index contributed by atoms with van der Waals surface area (Å²) in [6.45, 7) is 8.66. The fourth-order valence-corrected chi connectivity index (χ4v) is 3.40. The second kappa shape index (κ2) is 9.08. The van der Waals surface area contributed by atoms with Gasteiger partial charge in [0.25, 0.3) is 0 Å². The minimum atomic E-state index is -0.284. The van der Waals surface area contributed by atoms with E-state index in [-0.39, 0.29) is 17.8 Å². The molecule has 156 valence electrons. The molecule has 4 nitrogen and oxygen atoms in total. The number of halogens is 1. The van der Waals surface area contributed by atoms with Crippen molar-refractivity contribution in [1.29, 1.82) is 0 Å². The summed E-state index contributed by atoms with van der Waals surface area (Å²) in [5.41, 5.74) is 6.17. The Morgan fingerprint density at radius 2 is 1.73 bits per heavy atom. The molecule has 3 rings (SSSR count). The second-order valence-electron chi connectivity index (χ2n) is 7.74. The van der Waals surface area contributed by atoms with E-state index < -0.39 is 0 Å². The summed E-state index contributed by atoms with van der Waals surface area (Å²) >= 11 is 0. The number of aromatic nitrogens is 2. The average molecular weight is 406 g/mol. The molecule has 30 heavy (non-hydrogen) atoms. The van der Waals surface area contributed by atoms with Gasteiger partial charge in [-0.25, -0.2) is 4.39 Å². The smallest absolute Gasteiger partial charge is 0.246 e. The van der Waals surface area contributed by atoms with Crippen LogP contribution in [0.25, 0.3) is 6.08 Å². The van der Waals surface area contributed by atoms with Crippen molar-refractivity contribution in [2.24, 2.45) is 0 Å². The summed E-state index contributed by atoms with van der Waals surface area (Å²) in [6.07, 6.45) is 3.41. The Morgan fingerprint density at radius 3 is 2.37 bits per heavy atom. The summed E-state index contributed by atoms with van der Waals surface area (Å²) in [6, 6.07) is 14.5. The normalized spacial score (nSPS) is 12.3. The summed E-state index contributed by atoms with van der Waals surface area (Å²) < 4.78 is 15.1. The van der Waals surface area contributed by atoms with E-state index in [2.05, 4.69) is 36.3 Å². The van der Waals surface area contributed by atoms with Crippen molar-refractivity contribution < 1.29 is 9.18 Å². The standard InChI is InChI=1S/C25H28FN3O/c1-17-6-8-21(9-7-17)16-29-20(4)24(18(2)27-29)14-15-25(30)28(5)19(3)22-10-12-23(26)13-11-22/h6-15,19H,16H2,1-5H3/b15-14+. The van der Waals surface area contributed by atoms with Crippen molar-refractivity contribution >= 4 is 12.0 Å². The van der Waals surface area contributed by atoms with E-state index in [4.69, 9.17) is 0 Å². The molecule has 1 unspecified atom stereocenters. The van der Waals surface area contributed by atoms with Crippen molar-refractivity contribution in [2.45, 2.75) is 40.3 Å². The van der Waals surface area contributed by atoms with E-state index in [0.717, 1.165) is 22.5 Å². The maximum absolute atomic E-state index is 13.2. The first-order chi connectivity index (χ1) is 14.3. The zero-order valence-electron chi connectivity index (χ0n) is 18.2. The number of amides is 1. The predicted octanol–water partition coefficient (Wildman–Crippen LogP) is 5.23. The van der Waals surface area contributed by atoms with Crippen molar-refractivity contribution in [2.75, 3.05) is 7.05 Å². The molecule has 1 aromatic heterocycles. The highest BCUT2D eigenvalue weighted by atomic mass is 19.1. The second-order valence-corrected chi connectivity index (χ2v) is 7.74. The van der Waals surface area contributed by atoms with Gasteiger partial charge in [-0.05, 0) is 57.0 Å². The fourth-order valence-electron chi connectivity index (χ4n) is 3.40. The maximum atomic E-state index is 13.2. The molecule has 1 atom stereocenters. The number of hydrogen-bond acceptors (Lipinski definition) is 2. The molecule has 0 saturated carbocycles. The first kappa shape index (κ1) is 21.5. The lowest BCUT2D eigenvalue weighted by molar-refractivity contribution is -0.126. The molecule has 3 aromatic rings. The molecule has 0 aliphatic heterocycles. The summed E-state index contributed by atoms with van der Waals surface area (Å²) in [4.78, 5) is 14.3. The van der Waals surface area contributed by atoms with Gasteiger partial charge in [0, 0.05) is 24.4 Å². The minimum Gasteiger partial charge on any atom is -0.335 e. The first-order valence-electron chi connectivity index (χ1n) is 10.1. The highest BCUT2D eigenvalue weighted by Crippen LogP contribution is 2.21. The van der Waals surface area contributed by atoms with E-state index in [1.165, 1.54) is 23.3 Å². The average Bonchev–Trinajstić information content (AvgIpc) is 3.00. The topological polar surface area (TPSA) is 38.1 Å². The van der Waals surface area contributed by atoms with Crippen LogP contribution in [0.2, 0.25) is 0 Å². The van der Waals surface area contributed by atoms with Crippen molar-refractivity contribution in [3.8, 4) is 0 Å². The predicted molar refractivity (Wildman–Crippen MR) is 119 cm³/mol.